The lowest BCUT2D eigenvalue weighted by Gasteiger charge is -2.33. The van der Waals surface area contributed by atoms with E-state index in [0.717, 1.165) is 25.2 Å². The molecule has 20 heavy (non-hydrogen) atoms. The SMILES string of the molecule is CC1CC(NC(=O)NCCC(CCC(=O)O)C(C)C)C1. The highest BCUT2D eigenvalue weighted by molar-refractivity contribution is 5.74. The Kier molecular flexibility index (Phi) is 6.82. The Bertz CT molecular complexity index is 325. The predicted molar refractivity (Wildman–Crippen MR) is 78.5 cm³/mol. The van der Waals surface area contributed by atoms with Crippen LogP contribution in [-0.4, -0.2) is 29.7 Å². The summed E-state index contributed by atoms with van der Waals surface area (Å²) < 4.78 is 0. The summed E-state index contributed by atoms with van der Waals surface area (Å²) in [5, 5.41) is 14.6. The fraction of sp³-hybridized carbons (Fsp3) is 0.867. The van der Waals surface area contributed by atoms with Gasteiger partial charge in [-0.2, -0.15) is 0 Å². The summed E-state index contributed by atoms with van der Waals surface area (Å²) in [5.41, 5.74) is 0. The third-order valence-corrected chi connectivity index (χ3v) is 4.18. The predicted octanol–water partition coefficient (Wildman–Crippen LogP) is 2.61. The van der Waals surface area contributed by atoms with Gasteiger partial charge in [0.25, 0.3) is 0 Å². The third-order valence-electron chi connectivity index (χ3n) is 4.18. The van der Waals surface area contributed by atoms with Crippen molar-refractivity contribution in [1.29, 1.82) is 0 Å². The lowest BCUT2D eigenvalue weighted by atomic mass is 9.82. The quantitative estimate of drug-likeness (QED) is 0.641. The van der Waals surface area contributed by atoms with E-state index in [1.165, 1.54) is 0 Å². The van der Waals surface area contributed by atoms with E-state index in [1.54, 1.807) is 0 Å². The van der Waals surface area contributed by atoms with Crippen LogP contribution in [0.15, 0.2) is 0 Å². The minimum Gasteiger partial charge on any atom is -0.481 e. The van der Waals surface area contributed by atoms with Gasteiger partial charge in [-0.05, 0) is 43.4 Å². The van der Waals surface area contributed by atoms with Crippen LogP contribution >= 0.6 is 0 Å². The number of hydrogen-bond acceptors (Lipinski definition) is 2. The van der Waals surface area contributed by atoms with Crippen molar-refractivity contribution in [3.63, 3.8) is 0 Å². The van der Waals surface area contributed by atoms with Gasteiger partial charge in [0.05, 0.1) is 0 Å². The number of carboxylic acids is 1. The Morgan fingerprint density at radius 3 is 2.40 bits per heavy atom. The van der Waals surface area contributed by atoms with E-state index in [0.29, 0.717) is 30.8 Å². The summed E-state index contributed by atoms with van der Waals surface area (Å²) in [6, 6.07) is 0.237. The molecule has 0 aromatic rings. The van der Waals surface area contributed by atoms with Crippen LogP contribution in [0.2, 0.25) is 0 Å². The van der Waals surface area contributed by atoms with Crippen molar-refractivity contribution in [3.05, 3.63) is 0 Å². The fourth-order valence-corrected chi connectivity index (χ4v) is 2.75. The van der Waals surface area contributed by atoms with E-state index in [1.807, 2.05) is 0 Å². The van der Waals surface area contributed by atoms with Gasteiger partial charge >= 0.3 is 12.0 Å². The molecule has 0 aromatic heterocycles. The zero-order valence-corrected chi connectivity index (χ0v) is 12.8. The molecule has 1 aliphatic rings. The molecule has 2 amide bonds. The van der Waals surface area contributed by atoms with Gasteiger partial charge in [0, 0.05) is 19.0 Å². The standard InChI is InChI=1S/C15H28N2O3/c1-10(2)12(4-5-14(18)19)6-7-16-15(20)17-13-8-11(3)9-13/h10-13H,4-9H2,1-3H3,(H,18,19)(H2,16,17,20). The second-order valence-corrected chi connectivity index (χ2v) is 6.40. The normalized spacial score (nSPS) is 23.0. The molecule has 1 unspecified atom stereocenters. The van der Waals surface area contributed by atoms with Gasteiger partial charge in [-0.15, -0.1) is 0 Å². The zero-order valence-electron chi connectivity index (χ0n) is 12.8. The number of hydrogen-bond donors (Lipinski definition) is 3. The Morgan fingerprint density at radius 2 is 1.90 bits per heavy atom. The molecule has 3 N–H and O–H groups in total. The molecule has 0 bridgehead atoms. The average Bonchev–Trinajstić information content (AvgIpc) is 2.30. The molecule has 1 saturated carbocycles. The summed E-state index contributed by atoms with van der Waals surface area (Å²) in [4.78, 5) is 22.3. The highest BCUT2D eigenvalue weighted by Crippen LogP contribution is 2.26. The van der Waals surface area contributed by atoms with Crippen molar-refractivity contribution in [3.8, 4) is 0 Å². The second kappa shape index (κ2) is 8.12. The monoisotopic (exact) mass is 284 g/mol. The van der Waals surface area contributed by atoms with Crippen LogP contribution in [0.3, 0.4) is 0 Å². The molecule has 0 aromatic carbocycles. The van der Waals surface area contributed by atoms with Crippen molar-refractivity contribution in [2.45, 2.75) is 58.9 Å². The van der Waals surface area contributed by atoms with Gasteiger partial charge in [-0.1, -0.05) is 20.8 Å². The topological polar surface area (TPSA) is 78.4 Å². The molecule has 1 fully saturated rings. The van der Waals surface area contributed by atoms with Gasteiger partial charge in [0.1, 0.15) is 0 Å². The first-order chi connectivity index (χ1) is 9.38. The van der Waals surface area contributed by atoms with Crippen LogP contribution < -0.4 is 10.6 Å². The van der Waals surface area contributed by atoms with Crippen LogP contribution in [0.5, 0.6) is 0 Å². The number of urea groups is 1. The largest absolute Gasteiger partial charge is 0.481 e. The van der Waals surface area contributed by atoms with Crippen molar-refractivity contribution in [2.75, 3.05) is 6.54 Å². The van der Waals surface area contributed by atoms with Gasteiger partial charge < -0.3 is 15.7 Å². The van der Waals surface area contributed by atoms with Gasteiger partial charge in [-0.25, -0.2) is 4.79 Å². The summed E-state index contributed by atoms with van der Waals surface area (Å²) in [7, 11) is 0. The first-order valence-electron chi connectivity index (χ1n) is 7.64. The van der Waals surface area contributed by atoms with E-state index < -0.39 is 5.97 Å². The van der Waals surface area contributed by atoms with Gasteiger partial charge in [0.15, 0.2) is 0 Å². The molecular formula is C15H28N2O3. The smallest absolute Gasteiger partial charge is 0.315 e. The minimum absolute atomic E-state index is 0.0948. The summed E-state index contributed by atoms with van der Waals surface area (Å²) in [5.74, 6) is 0.754. The number of rotatable bonds is 8. The summed E-state index contributed by atoms with van der Waals surface area (Å²) in [6.45, 7) is 6.99. The highest BCUT2D eigenvalue weighted by atomic mass is 16.4. The number of carbonyl (C=O) groups excluding carboxylic acids is 1. The Morgan fingerprint density at radius 1 is 1.25 bits per heavy atom. The molecule has 0 spiro atoms. The van der Waals surface area contributed by atoms with Crippen molar-refractivity contribution in [2.24, 2.45) is 17.8 Å². The molecule has 1 atom stereocenters. The molecule has 0 saturated heterocycles. The first-order valence-corrected chi connectivity index (χ1v) is 7.64. The van der Waals surface area contributed by atoms with Crippen molar-refractivity contribution >= 4 is 12.0 Å². The van der Waals surface area contributed by atoms with Crippen molar-refractivity contribution < 1.29 is 14.7 Å². The molecular weight excluding hydrogens is 256 g/mol. The molecule has 0 radical (unpaired) electrons. The minimum atomic E-state index is -0.750. The van der Waals surface area contributed by atoms with Crippen LogP contribution in [-0.2, 0) is 4.79 Å². The maximum absolute atomic E-state index is 11.7. The first kappa shape index (κ1) is 16.8. The molecule has 1 rings (SSSR count). The lowest BCUT2D eigenvalue weighted by Crippen LogP contribution is -2.48. The number of nitrogens with one attached hydrogen (secondary N) is 2. The Hall–Kier alpha value is -1.26. The van der Waals surface area contributed by atoms with Crippen LogP contribution in [0.1, 0.15) is 52.9 Å². The van der Waals surface area contributed by atoms with Gasteiger partial charge in [0.2, 0.25) is 0 Å². The fourth-order valence-electron chi connectivity index (χ4n) is 2.75. The summed E-state index contributed by atoms with van der Waals surface area (Å²) in [6.07, 6.45) is 3.85. The van der Waals surface area contributed by atoms with Crippen LogP contribution in [0, 0.1) is 17.8 Å². The number of carboxylic acid groups (broad SMARTS) is 1. The van der Waals surface area contributed by atoms with Crippen molar-refractivity contribution in [1.82, 2.24) is 10.6 Å². The Labute approximate surface area is 121 Å². The van der Waals surface area contributed by atoms with E-state index in [-0.39, 0.29) is 12.5 Å². The molecule has 116 valence electrons. The summed E-state index contributed by atoms with van der Waals surface area (Å²) >= 11 is 0. The number of aliphatic carboxylic acids is 1. The highest BCUT2D eigenvalue weighted by Gasteiger charge is 2.26. The molecule has 0 heterocycles. The maximum atomic E-state index is 11.7. The van der Waals surface area contributed by atoms with Gasteiger partial charge in [-0.3, -0.25) is 4.79 Å². The molecule has 1 aliphatic carbocycles. The molecule has 5 heteroatoms. The number of amides is 2. The van der Waals surface area contributed by atoms with E-state index in [9.17, 15) is 9.59 Å². The lowest BCUT2D eigenvalue weighted by molar-refractivity contribution is -0.137. The average molecular weight is 284 g/mol. The Balaban J connectivity index is 2.15. The third kappa shape index (κ3) is 6.26. The van der Waals surface area contributed by atoms with E-state index in [4.69, 9.17) is 5.11 Å². The van der Waals surface area contributed by atoms with E-state index >= 15 is 0 Å². The molecule has 0 aliphatic heterocycles. The van der Waals surface area contributed by atoms with Crippen LogP contribution in [0.25, 0.3) is 0 Å². The second-order valence-electron chi connectivity index (χ2n) is 6.40. The molecule has 5 nitrogen and oxygen atoms in total. The number of carbonyl (C=O) groups is 2. The maximum Gasteiger partial charge on any atom is 0.315 e. The van der Waals surface area contributed by atoms with Crippen LogP contribution in [0.4, 0.5) is 4.79 Å². The van der Waals surface area contributed by atoms with E-state index in [2.05, 4.69) is 31.4 Å². The zero-order chi connectivity index (χ0) is 15.1.